The third-order valence-corrected chi connectivity index (χ3v) is 5.19. The topological polar surface area (TPSA) is 72.0 Å². The number of hydrogen-bond donors (Lipinski definition) is 1. The van der Waals surface area contributed by atoms with Gasteiger partial charge in [0.05, 0.1) is 16.2 Å². The van der Waals surface area contributed by atoms with Crippen molar-refractivity contribution in [2.45, 2.75) is 17.6 Å². The summed E-state index contributed by atoms with van der Waals surface area (Å²) in [7, 11) is -3.98. The Morgan fingerprint density at radius 2 is 1.67 bits per heavy atom. The maximum absolute atomic E-state index is 12.6. The van der Waals surface area contributed by atoms with Crippen molar-refractivity contribution in [1.82, 2.24) is 14.7 Å². The van der Waals surface area contributed by atoms with Gasteiger partial charge < -0.3 is 0 Å². The highest BCUT2D eigenvalue weighted by atomic mass is 32.2. The third-order valence-electron chi connectivity index (χ3n) is 3.77. The minimum Gasteiger partial charge on any atom is -0.264 e. The Bertz CT molecular complexity index is 1020. The first-order valence-corrected chi connectivity index (χ1v) is 9.27. The number of alkyl halides is 3. The Labute approximate surface area is 154 Å². The molecule has 1 aromatic carbocycles. The lowest BCUT2D eigenvalue weighted by Crippen LogP contribution is -2.23. The summed E-state index contributed by atoms with van der Waals surface area (Å²) >= 11 is 0. The maximum Gasteiger partial charge on any atom is 0.416 e. The Kier molecular flexibility index (Phi) is 5.24. The molecule has 0 radical (unpaired) electrons. The Morgan fingerprint density at radius 3 is 2.30 bits per heavy atom. The van der Waals surface area contributed by atoms with Crippen LogP contribution in [0.25, 0.3) is 11.3 Å². The van der Waals surface area contributed by atoms with Gasteiger partial charge in [0.1, 0.15) is 0 Å². The average Bonchev–Trinajstić information content (AvgIpc) is 2.67. The van der Waals surface area contributed by atoms with Gasteiger partial charge in [-0.3, -0.25) is 9.97 Å². The van der Waals surface area contributed by atoms with Gasteiger partial charge in [-0.25, -0.2) is 13.1 Å². The Hall–Kier alpha value is -2.78. The number of aromatic nitrogens is 2. The molecule has 1 N–H and O–H groups in total. The van der Waals surface area contributed by atoms with E-state index in [1.54, 1.807) is 42.9 Å². The number of nitrogens with one attached hydrogen (secondary N) is 1. The second-order valence-electron chi connectivity index (χ2n) is 5.60. The fourth-order valence-corrected chi connectivity index (χ4v) is 3.43. The van der Waals surface area contributed by atoms with Gasteiger partial charge >= 0.3 is 6.18 Å². The molecule has 0 saturated heterocycles. The number of benzene rings is 1. The molecule has 0 bridgehead atoms. The number of rotatable bonds is 5. The molecule has 3 aromatic rings. The smallest absolute Gasteiger partial charge is 0.264 e. The predicted molar refractivity (Wildman–Crippen MR) is 92.9 cm³/mol. The van der Waals surface area contributed by atoms with Gasteiger partial charge in [0, 0.05) is 30.7 Å². The van der Waals surface area contributed by atoms with Crippen molar-refractivity contribution in [3.63, 3.8) is 0 Å². The zero-order chi connectivity index (χ0) is 19.5. The van der Waals surface area contributed by atoms with Crippen LogP contribution in [0.2, 0.25) is 0 Å². The van der Waals surface area contributed by atoms with Gasteiger partial charge in [-0.2, -0.15) is 13.2 Å². The number of pyridine rings is 2. The van der Waals surface area contributed by atoms with Gasteiger partial charge in [0.25, 0.3) is 0 Å². The highest BCUT2D eigenvalue weighted by Crippen LogP contribution is 2.29. The summed E-state index contributed by atoms with van der Waals surface area (Å²) in [6.45, 7) is -0.0680. The second kappa shape index (κ2) is 7.45. The van der Waals surface area contributed by atoms with Crippen LogP contribution >= 0.6 is 0 Å². The van der Waals surface area contributed by atoms with Crippen LogP contribution in [0.1, 0.15) is 11.1 Å². The summed E-state index contributed by atoms with van der Waals surface area (Å²) in [5.74, 6) is 0. The molecule has 0 spiro atoms. The fraction of sp³-hybridized carbons (Fsp3) is 0.111. The molecule has 140 valence electrons. The number of halogens is 3. The fourth-order valence-electron chi connectivity index (χ4n) is 2.42. The molecular formula is C18H14F3N3O2S. The van der Waals surface area contributed by atoms with Crippen molar-refractivity contribution in [1.29, 1.82) is 0 Å². The number of nitrogens with zero attached hydrogens (tertiary/aromatic N) is 2. The molecule has 5 nitrogen and oxygen atoms in total. The number of hydrogen-bond acceptors (Lipinski definition) is 4. The molecule has 0 amide bonds. The monoisotopic (exact) mass is 393 g/mol. The van der Waals surface area contributed by atoms with Crippen molar-refractivity contribution in [3.05, 3.63) is 78.2 Å². The van der Waals surface area contributed by atoms with Crippen molar-refractivity contribution in [2.75, 3.05) is 0 Å². The van der Waals surface area contributed by atoms with E-state index >= 15 is 0 Å². The van der Waals surface area contributed by atoms with Crippen molar-refractivity contribution < 1.29 is 21.6 Å². The summed E-state index contributed by atoms with van der Waals surface area (Å²) in [6, 6.07) is 10.2. The van der Waals surface area contributed by atoms with Crippen LogP contribution in [0.5, 0.6) is 0 Å². The highest BCUT2D eigenvalue weighted by Gasteiger charge is 2.30. The quantitative estimate of drug-likeness (QED) is 0.718. The first-order valence-electron chi connectivity index (χ1n) is 7.78. The van der Waals surface area contributed by atoms with E-state index in [4.69, 9.17) is 0 Å². The first-order chi connectivity index (χ1) is 12.8. The molecule has 0 aliphatic heterocycles. The summed E-state index contributed by atoms with van der Waals surface area (Å²) in [4.78, 5) is 8.03. The standard InChI is InChI=1S/C18H14F3N3O2S/c19-18(20,21)15-5-7-16(8-6-15)27(25,26)24-12-14-4-2-10-23-17(14)13-3-1-9-22-11-13/h1-11,24H,12H2. The van der Waals surface area contributed by atoms with Gasteiger partial charge in [-0.05, 0) is 48.0 Å². The van der Waals surface area contributed by atoms with Gasteiger partial charge in [-0.1, -0.05) is 6.07 Å². The van der Waals surface area contributed by atoms with Gasteiger partial charge in [0.2, 0.25) is 10.0 Å². The summed E-state index contributed by atoms with van der Waals surface area (Å²) in [5, 5.41) is 0. The molecule has 0 atom stereocenters. The largest absolute Gasteiger partial charge is 0.416 e. The van der Waals surface area contributed by atoms with E-state index in [2.05, 4.69) is 14.7 Å². The Balaban J connectivity index is 1.81. The molecule has 0 aliphatic rings. The highest BCUT2D eigenvalue weighted by molar-refractivity contribution is 7.89. The normalized spacial score (nSPS) is 12.1. The van der Waals surface area contributed by atoms with Crippen LogP contribution in [0.3, 0.4) is 0 Å². The van der Waals surface area contributed by atoms with Crippen LogP contribution in [0.4, 0.5) is 13.2 Å². The van der Waals surface area contributed by atoms with Crippen molar-refractivity contribution >= 4 is 10.0 Å². The van der Waals surface area contributed by atoms with E-state index in [0.717, 1.165) is 29.8 Å². The first kappa shape index (κ1) is 19.0. The van der Waals surface area contributed by atoms with Crippen molar-refractivity contribution in [2.24, 2.45) is 0 Å². The van der Waals surface area contributed by atoms with E-state index in [0.29, 0.717) is 11.3 Å². The molecule has 3 rings (SSSR count). The van der Waals surface area contributed by atoms with E-state index in [-0.39, 0.29) is 11.4 Å². The lowest BCUT2D eigenvalue weighted by Gasteiger charge is -2.11. The summed E-state index contributed by atoms with van der Waals surface area (Å²) < 4.78 is 65.0. The molecule has 2 aromatic heterocycles. The Morgan fingerprint density at radius 1 is 0.963 bits per heavy atom. The second-order valence-corrected chi connectivity index (χ2v) is 7.37. The van der Waals surface area contributed by atoms with Crippen LogP contribution in [-0.2, 0) is 22.7 Å². The molecule has 0 fully saturated rings. The zero-order valence-electron chi connectivity index (χ0n) is 13.8. The zero-order valence-corrected chi connectivity index (χ0v) is 14.6. The van der Waals surface area contributed by atoms with E-state index in [1.807, 2.05) is 0 Å². The molecule has 2 heterocycles. The van der Waals surface area contributed by atoms with Crippen molar-refractivity contribution in [3.8, 4) is 11.3 Å². The summed E-state index contributed by atoms with van der Waals surface area (Å²) in [6.07, 6.45) is 0.274. The maximum atomic E-state index is 12.6. The number of sulfonamides is 1. The van der Waals surface area contributed by atoms with Crippen LogP contribution in [0, 0.1) is 0 Å². The van der Waals surface area contributed by atoms with Gasteiger partial charge in [-0.15, -0.1) is 0 Å². The van der Waals surface area contributed by atoms with E-state index in [9.17, 15) is 21.6 Å². The average molecular weight is 393 g/mol. The molecule has 27 heavy (non-hydrogen) atoms. The molecular weight excluding hydrogens is 379 g/mol. The lowest BCUT2D eigenvalue weighted by atomic mass is 10.1. The SMILES string of the molecule is O=S(=O)(NCc1cccnc1-c1cccnc1)c1ccc(C(F)(F)F)cc1. The molecule has 0 aliphatic carbocycles. The molecule has 9 heteroatoms. The van der Waals surface area contributed by atoms with Crippen LogP contribution < -0.4 is 4.72 Å². The van der Waals surface area contributed by atoms with Crippen LogP contribution in [-0.4, -0.2) is 18.4 Å². The summed E-state index contributed by atoms with van der Waals surface area (Å²) in [5.41, 5.74) is 0.996. The van der Waals surface area contributed by atoms with E-state index in [1.165, 1.54) is 0 Å². The molecule has 0 saturated carbocycles. The van der Waals surface area contributed by atoms with E-state index < -0.39 is 21.8 Å². The molecule has 0 unspecified atom stereocenters. The minimum absolute atomic E-state index is 0.0680. The van der Waals surface area contributed by atoms with Crippen LogP contribution in [0.15, 0.2) is 72.0 Å². The minimum atomic E-state index is -4.52. The lowest BCUT2D eigenvalue weighted by molar-refractivity contribution is -0.137. The predicted octanol–water partition coefficient (Wildman–Crippen LogP) is 3.64. The van der Waals surface area contributed by atoms with Gasteiger partial charge in [0.15, 0.2) is 0 Å². The third kappa shape index (κ3) is 4.50.